The number of rotatable bonds is 8. The number of carbonyl (C=O) groups is 3. The summed E-state index contributed by atoms with van der Waals surface area (Å²) >= 11 is 0. The Morgan fingerprint density at radius 3 is 2.56 bits per heavy atom. The van der Waals surface area contributed by atoms with Crippen molar-refractivity contribution < 1.29 is 19.3 Å². The van der Waals surface area contributed by atoms with Gasteiger partial charge in [0.2, 0.25) is 17.7 Å². The summed E-state index contributed by atoms with van der Waals surface area (Å²) in [5.74, 6) is -1.15. The molecule has 10 nitrogen and oxygen atoms in total. The molecule has 2 aliphatic heterocycles. The quantitative estimate of drug-likeness (QED) is 0.184. The van der Waals surface area contributed by atoms with Gasteiger partial charge in [0.25, 0.3) is 5.69 Å². The van der Waals surface area contributed by atoms with Crippen molar-refractivity contribution in [1.29, 1.82) is 0 Å². The summed E-state index contributed by atoms with van der Waals surface area (Å²) in [5.41, 5.74) is 6.08. The number of nitrogens with one attached hydrogen (secondary N) is 2. The molecule has 0 aromatic heterocycles. The lowest BCUT2D eigenvalue weighted by molar-refractivity contribution is -0.384. The van der Waals surface area contributed by atoms with Crippen LogP contribution in [-0.4, -0.2) is 46.3 Å². The van der Waals surface area contributed by atoms with E-state index in [0.717, 1.165) is 35.1 Å². The smallest absolute Gasteiger partial charge is 0.269 e. The highest BCUT2D eigenvalue weighted by Crippen LogP contribution is 2.38. The van der Waals surface area contributed by atoms with Crippen LogP contribution in [-0.2, 0) is 33.8 Å². The second-order valence-electron chi connectivity index (χ2n) is 10.4. The van der Waals surface area contributed by atoms with Crippen molar-refractivity contribution in [3.63, 3.8) is 0 Å². The Morgan fingerprint density at radius 1 is 1.07 bits per heavy atom. The molecule has 0 aliphatic carbocycles. The first-order valence-corrected chi connectivity index (χ1v) is 13.6. The molecular weight excluding hydrogens is 522 g/mol. The monoisotopic (exact) mass is 553 g/mol. The lowest BCUT2D eigenvalue weighted by Gasteiger charge is -2.28. The average molecular weight is 554 g/mol. The lowest BCUT2D eigenvalue weighted by atomic mass is 9.89. The molecule has 0 radical (unpaired) electrons. The molecule has 2 N–H and O–H groups in total. The fourth-order valence-corrected chi connectivity index (χ4v) is 5.35. The molecule has 3 aromatic rings. The Hall–Kier alpha value is -4.86. The predicted molar refractivity (Wildman–Crippen MR) is 155 cm³/mol. The molecule has 0 bridgehead atoms. The number of hydrogen-bond acceptors (Lipinski definition) is 6. The van der Waals surface area contributed by atoms with Crippen molar-refractivity contribution in [1.82, 2.24) is 10.2 Å². The van der Waals surface area contributed by atoms with Crippen molar-refractivity contribution in [3.05, 3.63) is 98.6 Å². The maximum absolute atomic E-state index is 13.3. The molecule has 3 amide bonds. The van der Waals surface area contributed by atoms with Crippen LogP contribution in [0.4, 0.5) is 17.1 Å². The van der Waals surface area contributed by atoms with Gasteiger partial charge < -0.3 is 15.5 Å². The van der Waals surface area contributed by atoms with E-state index in [4.69, 9.17) is 4.99 Å². The maximum atomic E-state index is 13.3. The Bertz CT molecular complexity index is 1560. The first kappa shape index (κ1) is 27.7. The second kappa shape index (κ2) is 11.7. The molecule has 0 fully saturated rings. The number of anilines is 1. The van der Waals surface area contributed by atoms with Crippen LogP contribution in [0.15, 0.2) is 65.7 Å². The molecule has 1 unspecified atom stereocenters. The van der Waals surface area contributed by atoms with Crippen molar-refractivity contribution in [2.24, 2.45) is 4.99 Å². The molecule has 41 heavy (non-hydrogen) atoms. The van der Waals surface area contributed by atoms with Crippen molar-refractivity contribution in [2.45, 2.75) is 45.6 Å². The summed E-state index contributed by atoms with van der Waals surface area (Å²) < 4.78 is 0. The van der Waals surface area contributed by atoms with E-state index in [2.05, 4.69) is 10.6 Å². The topological polar surface area (TPSA) is 134 Å². The Labute approximate surface area is 237 Å². The van der Waals surface area contributed by atoms with Gasteiger partial charge in [0.05, 0.1) is 16.3 Å². The van der Waals surface area contributed by atoms with E-state index in [1.807, 2.05) is 42.5 Å². The molecule has 3 aromatic carbocycles. The molecular formula is C31H31N5O5. The third-order valence-corrected chi connectivity index (χ3v) is 7.51. The number of hydrogen-bond donors (Lipinski definition) is 2. The van der Waals surface area contributed by atoms with Gasteiger partial charge in [0.15, 0.2) is 0 Å². The molecule has 0 saturated heterocycles. The molecule has 2 aliphatic rings. The number of aryl methyl sites for hydroxylation is 1. The van der Waals surface area contributed by atoms with Crippen LogP contribution < -0.4 is 10.6 Å². The van der Waals surface area contributed by atoms with Gasteiger partial charge in [0, 0.05) is 56.9 Å². The first-order valence-electron chi connectivity index (χ1n) is 13.6. The zero-order chi connectivity index (χ0) is 29.1. The van der Waals surface area contributed by atoms with Crippen molar-refractivity contribution in [3.8, 4) is 0 Å². The number of non-ortho nitro benzene ring substituents is 1. The third-order valence-electron chi connectivity index (χ3n) is 7.51. The SMILES string of the molecule is CC(=O)NCCCc1ccc(C(=Nc2ccc3c(c2)CCN(C(C)=O)C3)C2C(=O)Nc3ccc([N+](=O)[O-])cc32)cc1. The highest BCUT2D eigenvalue weighted by Gasteiger charge is 2.36. The van der Waals surface area contributed by atoms with Crippen molar-refractivity contribution >= 4 is 40.5 Å². The van der Waals surface area contributed by atoms with Gasteiger partial charge in [-0.05, 0) is 59.7 Å². The number of amides is 3. The summed E-state index contributed by atoms with van der Waals surface area (Å²) in [4.78, 5) is 54.1. The number of benzene rings is 3. The average Bonchev–Trinajstić information content (AvgIpc) is 3.28. The number of aliphatic imine (C=N–C) groups is 1. The molecule has 0 saturated carbocycles. The summed E-state index contributed by atoms with van der Waals surface area (Å²) in [6.45, 7) is 4.83. The van der Waals surface area contributed by atoms with Crippen LogP contribution >= 0.6 is 0 Å². The van der Waals surface area contributed by atoms with Crippen LogP contribution in [0.3, 0.4) is 0 Å². The minimum absolute atomic E-state index is 0.0404. The van der Waals surface area contributed by atoms with Gasteiger partial charge in [0.1, 0.15) is 5.92 Å². The highest BCUT2D eigenvalue weighted by molar-refractivity contribution is 6.24. The van der Waals surface area contributed by atoms with Gasteiger partial charge in [-0.2, -0.15) is 0 Å². The standard InChI is InChI=1S/C31H31N5O5/c1-19(37)32-14-3-4-21-5-7-22(8-6-21)30(29-27-17-26(36(40)41)11-12-28(27)34-31(29)39)33-25-10-9-24-18-35(20(2)38)15-13-23(24)16-25/h5-12,16-17,29H,3-4,13-15,18H2,1-2H3,(H,32,37)(H,34,39). The summed E-state index contributed by atoms with van der Waals surface area (Å²) in [6.07, 6.45) is 2.27. The van der Waals surface area contributed by atoms with Gasteiger partial charge in [-0.25, -0.2) is 0 Å². The van der Waals surface area contributed by atoms with Gasteiger partial charge in [-0.15, -0.1) is 0 Å². The molecule has 10 heteroatoms. The van der Waals surface area contributed by atoms with Crippen LogP contribution in [0.25, 0.3) is 0 Å². The summed E-state index contributed by atoms with van der Waals surface area (Å²) in [5, 5.41) is 17.2. The van der Waals surface area contributed by atoms with Crippen molar-refractivity contribution in [2.75, 3.05) is 18.4 Å². The zero-order valence-electron chi connectivity index (χ0n) is 23.0. The predicted octanol–water partition coefficient (Wildman–Crippen LogP) is 4.42. The number of nitrogens with zero attached hydrogens (tertiary/aromatic N) is 3. The second-order valence-corrected chi connectivity index (χ2v) is 10.4. The van der Waals surface area contributed by atoms with E-state index >= 15 is 0 Å². The molecule has 2 heterocycles. The fourth-order valence-electron chi connectivity index (χ4n) is 5.35. The van der Waals surface area contributed by atoms with Gasteiger partial charge in [-0.1, -0.05) is 30.3 Å². The summed E-state index contributed by atoms with van der Waals surface area (Å²) in [7, 11) is 0. The van der Waals surface area contributed by atoms with E-state index in [1.165, 1.54) is 19.1 Å². The zero-order valence-corrected chi connectivity index (χ0v) is 23.0. The number of fused-ring (bicyclic) bond motifs is 2. The molecule has 210 valence electrons. The van der Waals surface area contributed by atoms with E-state index in [-0.39, 0.29) is 23.4 Å². The summed E-state index contributed by atoms with van der Waals surface area (Å²) in [6, 6.07) is 18.0. The molecule has 5 rings (SSSR count). The van der Waals surface area contributed by atoms with Gasteiger partial charge in [-0.3, -0.25) is 29.5 Å². The first-order chi connectivity index (χ1) is 19.7. The number of carbonyl (C=O) groups excluding carboxylic acids is 3. The highest BCUT2D eigenvalue weighted by atomic mass is 16.6. The molecule has 1 atom stereocenters. The largest absolute Gasteiger partial charge is 0.356 e. The minimum atomic E-state index is -0.834. The number of nitro benzene ring substituents is 1. The fraction of sp³-hybridized carbons (Fsp3) is 0.290. The van der Waals surface area contributed by atoms with E-state index in [0.29, 0.717) is 48.7 Å². The van der Waals surface area contributed by atoms with Crippen LogP contribution in [0, 0.1) is 10.1 Å². The Kier molecular flexibility index (Phi) is 7.91. The minimum Gasteiger partial charge on any atom is -0.356 e. The van der Waals surface area contributed by atoms with E-state index in [1.54, 1.807) is 17.9 Å². The maximum Gasteiger partial charge on any atom is 0.269 e. The van der Waals surface area contributed by atoms with Gasteiger partial charge >= 0.3 is 0 Å². The third kappa shape index (κ3) is 6.16. The Balaban J connectivity index is 1.52. The number of nitro groups is 1. The Morgan fingerprint density at radius 2 is 1.85 bits per heavy atom. The van der Waals surface area contributed by atoms with Crippen LogP contribution in [0.5, 0.6) is 0 Å². The normalized spacial score (nSPS) is 16.0. The van der Waals surface area contributed by atoms with E-state index in [9.17, 15) is 24.5 Å². The van der Waals surface area contributed by atoms with Crippen LogP contribution in [0.1, 0.15) is 54.0 Å². The lowest BCUT2D eigenvalue weighted by Crippen LogP contribution is -2.34. The van der Waals surface area contributed by atoms with Crippen LogP contribution in [0.2, 0.25) is 0 Å². The van der Waals surface area contributed by atoms with E-state index < -0.39 is 10.8 Å². The molecule has 0 spiro atoms.